The molecule has 0 radical (unpaired) electrons. The van der Waals surface area contributed by atoms with Gasteiger partial charge in [-0.2, -0.15) is 0 Å². The van der Waals surface area contributed by atoms with Crippen LogP contribution in [-0.2, 0) is 17.7 Å². The Morgan fingerprint density at radius 2 is 1.97 bits per heavy atom. The fourth-order valence-electron chi connectivity index (χ4n) is 3.89. The first-order valence-electron chi connectivity index (χ1n) is 11.0. The molecule has 170 valence electrons. The lowest BCUT2D eigenvalue weighted by atomic mass is 10.1. The standard InChI is InChI=1S/C24H29F2N5O/c1-2-27-24(28-8-7-18-16-29-22-5-4-19(25)14-20(18)22)30-15-17-3-6-23(21(26)13-17)31-9-11-32-12-10-31/h3-6,13-14,16,29H,2,7-12,15H2,1H3,(H2,27,28,30). The number of aliphatic imine (C=N–C) groups is 1. The zero-order valence-corrected chi connectivity index (χ0v) is 18.3. The van der Waals surface area contributed by atoms with Crippen molar-refractivity contribution < 1.29 is 13.5 Å². The van der Waals surface area contributed by atoms with E-state index in [1.165, 1.54) is 6.07 Å². The molecule has 2 heterocycles. The molecule has 0 bridgehead atoms. The third-order valence-corrected chi connectivity index (χ3v) is 5.54. The van der Waals surface area contributed by atoms with Crippen LogP contribution in [0.4, 0.5) is 14.5 Å². The highest BCUT2D eigenvalue weighted by molar-refractivity contribution is 5.83. The van der Waals surface area contributed by atoms with Crippen molar-refractivity contribution in [2.45, 2.75) is 19.9 Å². The number of halogens is 2. The van der Waals surface area contributed by atoms with Crippen LogP contribution in [0.15, 0.2) is 47.6 Å². The summed E-state index contributed by atoms with van der Waals surface area (Å²) in [6, 6.07) is 10.0. The number of aromatic amines is 1. The van der Waals surface area contributed by atoms with Gasteiger partial charge in [-0.3, -0.25) is 0 Å². The Hall–Kier alpha value is -3.13. The Morgan fingerprint density at radius 3 is 2.75 bits per heavy atom. The zero-order valence-electron chi connectivity index (χ0n) is 18.3. The summed E-state index contributed by atoms with van der Waals surface area (Å²) in [5.41, 5.74) is 3.39. The fraction of sp³-hybridized carbons (Fsp3) is 0.375. The number of H-pyrrole nitrogens is 1. The summed E-state index contributed by atoms with van der Waals surface area (Å²) in [7, 11) is 0. The highest BCUT2D eigenvalue weighted by Gasteiger charge is 2.15. The molecule has 6 nitrogen and oxygen atoms in total. The van der Waals surface area contributed by atoms with Gasteiger partial charge in [0, 0.05) is 43.3 Å². The Kier molecular flexibility index (Phi) is 7.21. The molecular formula is C24H29F2N5O. The van der Waals surface area contributed by atoms with Gasteiger partial charge in [-0.25, -0.2) is 13.8 Å². The van der Waals surface area contributed by atoms with Crippen molar-refractivity contribution in [1.82, 2.24) is 15.6 Å². The molecule has 32 heavy (non-hydrogen) atoms. The quantitative estimate of drug-likeness (QED) is 0.387. The number of nitrogens with zero attached hydrogens (tertiary/aromatic N) is 2. The van der Waals surface area contributed by atoms with E-state index >= 15 is 0 Å². The van der Waals surface area contributed by atoms with Crippen LogP contribution in [0.5, 0.6) is 0 Å². The van der Waals surface area contributed by atoms with Crippen molar-refractivity contribution in [1.29, 1.82) is 0 Å². The molecule has 4 rings (SSSR count). The molecule has 0 aliphatic carbocycles. The van der Waals surface area contributed by atoms with Gasteiger partial charge in [0.05, 0.1) is 25.4 Å². The van der Waals surface area contributed by atoms with Crippen LogP contribution in [0.1, 0.15) is 18.1 Å². The monoisotopic (exact) mass is 441 g/mol. The first kappa shape index (κ1) is 22.1. The summed E-state index contributed by atoms with van der Waals surface area (Å²) >= 11 is 0. The van der Waals surface area contributed by atoms with Gasteiger partial charge in [0.2, 0.25) is 0 Å². The minimum atomic E-state index is -0.243. The molecule has 2 aromatic carbocycles. The molecule has 0 unspecified atom stereocenters. The van der Waals surface area contributed by atoms with Crippen LogP contribution in [0.2, 0.25) is 0 Å². The van der Waals surface area contributed by atoms with Crippen molar-refractivity contribution in [3.63, 3.8) is 0 Å². The van der Waals surface area contributed by atoms with E-state index in [0.717, 1.165) is 28.5 Å². The maximum absolute atomic E-state index is 14.6. The molecule has 0 amide bonds. The second-order valence-corrected chi connectivity index (χ2v) is 7.76. The van der Waals surface area contributed by atoms with Gasteiger partial charge >= 0.3 is 0 Å². The largest absolute Gasteiger partial charge is 0.378 e. The van der Waals surface area contributed by atoms with Gasteiger partial charge in [-0.15, -0.1) is 0 Å². The number of rotatable bonds is 7. The SMILES string of the molecule is CCNC(=NCc1ccc(N2CCOCC2)c(F)c1)NCCc1c[nH]c2ccc(F)cc12. The molecule has 1 aliphatic heterocycles. The van der Waals surface area contributed by atoms with Gasteiger partial charge in [-0.05, 0) is 54.8 Å². The molecule has 1 saturated heterocycles. The second-order valence-electron chi connectivity index (χ2n) is 7.76. The number of hydrogen-bond donors (Lipinski definition) is 3. The van der Waals surface area contributed by atoms with E-state index in [2.05, 4.69) is 20.6 Å². The van der Waals surface area contributed by atoms with Crippen molar-refractivity contribution in [2.75, 3.05) is 44.3 Å². The molecule has 1 aliphatic rings. The summed E-state index contributed by atoms with van der Waals surface area (Å²) in [6.07, 6.45) is 2.63. The van der Waals surface area contributed by atoms with E-state index in [1.807, 2.05) is 30.2 Å². The summed E-state index contributed by atoms with van der Waals surface area (Å²) in [6.45, 7) is 6.36. The average Bonchev–Trinajstić information content (AvgIpc) is 3.20. The molecule has 1 fully saturated rings. The average molecular weight is 442 g/mol. The minimum absolute atomic E-state index is 0.232. The molecule has 8 heteroatoms. The molecule has 1 aromatic heterocycles. The zero-order chi connectivity index (χ0) is 22.3. The Labute approximate surface area is 186 Å². The van der Waals surface area contributed by atoms with E-state index in [1.54, 1.807) is 18.2 Å². The molecular weight excluding hydrogens is 412 g/mol. The highest BCUT2D eigenvalue weighted by Crippen LogP contribution is 2.22. The third-order valence-electron chi connectivity index (χ3n) is 5.54. The lowest BCUT2D eigenvalue weighted by molar-refractivity contribution is 0.122. The van der Waals surface area contributed by atoms with Gasteiger partial charge in [0.1, 0.15) is 11.6 Å². The van der Waals surface area contributed by atoms with Gasteiger partial charge in [0.25, 0.3) is 0 Å². The number of benzene rings is 2. The van der Waals surface area contributed by atoms with E-state index in [9.17, 15) is 8.78 Å². The third kappa shape index (κ3) is 5.37. The van der Waals surface area contributed by atoms with E-state index < -0.39 is 0 Å². The molecule has 3 N–H and O–H groups in total. The lowest BCUT2D eigenvalue weighted by Gasteiger charge is -2.29. The van der Waals surface area contributed by atoms with Crippen molar-refractivity contribution >= 4 is 22.5 Å². The number of fused-ring (bicyclic) bond motifs is 1. The molecule has 0 saturated carbocycles. The van der Waals surface area contributed by atoms with Gasteiger partial charge in [0.15, 0.2) is 5.96 Å². The number of morpholine rings is 1. The molecule has 3 aromatic rings. The number of anilines is 1. The van der Waals surface area contributed by atoms with E-state index in [4.69, 9.17) is 4.74 Å². The number of aromatic nitrogens is 1. The summed E-state index contributed by atoms with van der Waals surface area (Å²) < 4.78 is 33.5. The summed E-state index contributed by atoms with van der Waals surface area (Å²) in [5, 5.41) is 7.41. The first-order chi connectivity index (χ1) is 15.6. The van der Waals surface area contributed by atoms with Crippen LogP contribution in [0, 0.1) is 11.6 Å². The Bertz CT molecular complexity index is 1080. The number of ether oxygens (including phenoxy) is 1. The predicted molar refractivity (Wildman–Crippen MR) is 124 cm³/mol. The number of hydrogen-bond acceptors (Lipinski definition) is 3. The number of nitrogens with one attached hydrogen (secondary N) is 3. The van der Waals surface area contributed by atoms with Crippen LogP contribution >= 0.6 is 0 Å². The van der Waals surface area contributed by atoms with Crippen LogP contribution in [0.3, 0.4) is 0 Å². The van der Waals surface area contributed by atoms with Gasteiger partial charge in [-0.1, -0.05) is 6.07 Å². The lowest BCUT2D eigenvalue weighted by Crippen LogP contribution is -2.38. The topological polar surface area (TPSA) is 64.7 Å². The van der Waals surface area contributed by atoms with Crippen LogP contribution in [0.25, 0.3) is 10.9 Å². The van der Waals surface area contributed by atoms with Crippen molar-refractivity contribution in [3.8, 4) is 0 Å². The van der Waals surface area contributed by atoms with Crippen LogP contribution < -0.4 is 15.5 Å². The summed E-state index contributed by atoms with van der Waals surface area (Å²) in [5.74, 6) is 0.188. The normalized spacial score (nSPS) is 14.7. The first-order valence-corrected chi connectivity index (χ1v) is 11.0. The maximum atomic E-state index is 14.6. The highest BCUT2D eigenvalue weighted by atomic mass is 19.1. The van der Waals surface area contributed by atoms with Crippen molar-refractivity contribution in [3.05, 3.63) is 65.4 Å². The molecule has 0 atom stereocenters. The van der Waals surface area contributed by atoms with E-state index in [-0.39, 0.29) is 11.6 Å². The second kappa shape index (κ2) is 10.5. The maximum Gasteiger partial charge on any atom is 0.191 e. The fourth-order valence-corrected chi connectivity index (χ4v) is 3.89. The predicted octanol–water partition coefficient (Wildman–Crippen LogP) is 3.58. The smallest absolute Gasteiger partial charge is 0.191 e. The number of guanidine groups is 1. The minimum Gasteiger partial charge on any atom is -0.378 e. The Morgan fingerprint density at radius 1 is 1.12 bits per heavy atom. The molecule has 0 spiro atoms. The van der Waals surface area contributed by atoms with Crippen LogP contribution in [-0.4, -0.2) is 50.3 Å². The summed E-state index contributed by atoms with van der Waals surface area (Å²) in [4.78, 5) is 9.77. The van der Waals surface area contributed by atoms with E-state index in [0.29, 0.717) is 57.6 Å². The van der Waals surface area contributed by atoms with Gasteiger partial charge < -0.3 is 25.3 Å². The van der Waals surface area contributed by atoms with Crippen molar-refractivity contribution in [2.24, 2.45) is 4.99 Å². The Balaban J connectivity index is 1.36.